The number of ether oxygens (including phenoxy) is 1. The highest BCUT2D eigenvalue weighted by atomic mass is 16.5. The molecule has 4 rings (SSSR count). The molecule has 1 amide bonds. The van der Waals surface area contributed by atoms with Crippen LogP contribution in [0.4, 0.5) is 0 Å². The minimum Gasteiger partial charge on any atom is -0.497 e. The van der Waals surface area contributed by atoms with Crippen LogP contribution in [-0.4, -0.2) is 29.8 Å². The fourth-order valence-electron chi connectivity index (χ4n) is 3.28. The molecule has 150 valence electrons. The van der Waals surface area contributed by atoms with Gasteiger partial charge in [0, 0.05) is 17.7 Å². The summed E-state index contributed by atoms with van der Waals surface area (Å²) in [6.07, 6.45) is 0.747. The number of aromatic nitrogens is 2. The first-order chi connectivity index (χ1) is 14.7. The van der Waals surface area contributed by atoms with Crippen LogP contribution in [0.1, 0.15) is 15.9 Å². The van der Waals surface area contributed by atoms with Gasteiger partial charge in [-0.15, -0.1) is 0 Å². The lowest BCUT2D eigenvalue weighted by Crippen LogP contribution is -2.25. The molecule has 2 N–H and O–H groups in total. The van der Waals surface area contributed by atoms with Gasteiger partial charge < -0.3 is 10.1 Å². The van der Waals surface area contributed by atoms with Gasteiger partial charge in [0.15, 0.2) is 0 Å². The molecule has 0 spiro atoms. The Kier molecular flexibility index (Phi) is 5.90. The van der Waals surface area contributed by atoms with E-state index in [4.69, 9.17) is 4.74 Å². The van der Waals surface area contributed by atoms with Gasteiger partial charge >= 0.3 is 0 Å². The molecule has 1 aromatic heterocycles. The van der Waals surface area contributed by atoms with Gasteiger partial charge in [-0.05, 0) is 47.9 Å². The Morgan fingerprint density at radius 3 is 2.50 bits per heavy atom. The average Bonchev–Trinajstić information content (AvgIpc) is 3.30. The zero-order valence-electron chi connectivity index (χ0n) is 16.8. The molecule has 0 atom stereocenters. The van der Waals surface area contributed by atoms with Gasteiger partial charge in [0.2, 0.25) is 0 Å². The second-order valence-corrected chi connectivity index (χ2v) is 6.97. The molecule has 30 heavy (non-hydrogen) atoms. The largest absolute Gasteiger partial charge is 0.497 e. The van der Waals surface area contributed by atoms with Crippen molar-refractivity contribution < 1.29 is 9.53 Å². The molecule has 5 heteroatoms. The molecule has 0 unspecified atom stereocenters. The Bertz CT molecular complexity index is 1120. The van der Waals surface area contributed by atoms with Crippen molar-refractivity contribution in [1.29, 1.82) is 0 Å². The number of hydrogen-bond acceptors (Lipinski definition) is 3. The van der Waals surface area contributed by atoms with Crippen molar-refractivity contribution >= 4 is 5.91 Å². The molecule has 0 radical (unpaired) electrons. The molecular weight excluding hydrogens is 374 g/mol. The second-order valence-electron chi connectivity index (χ2n) is 6.97. The Morgan fingerprint density at radius 1 is 0.933 bits per heavy atom. The smallest absolute Gasteiger partial charge is 0.251 e. The monoisotopic (exact) mass is 397 g/mol. The highest BCUT2D eigenvalue weighted by Gasteiger charge is 2.08. The van der Waals surface area contributed by atoms with Crippen LogP contribution < -0.4 is 10.1 Å². The van der Waals surface area contributed by atoms with E-state index in [1.807, 2.05) is 84.9 Å². The standard InChI is InChI=1S/C25H23N3O2/c1-30-22-9-5-6-18(16-22)14-15-26-25(29)21-12-10-20(11-13-21)24-17-23(27-28-24)19-7-3-2-4-8-19/h2-13,16-17H,14-15H2,1H3,(H,26,29)(H,27,28). The van der Waals surface area contributed by atoms with E-state index in [9.17, 15) is 4.79 Å². The number of methoxy groups -OCH3 is 1. The topological polar surface area (TPSA) is 67.0 Å². The maximum atomic E-state index is 12.4. The first-order valence-electron chi connectivity index (χ1n) is 9.85. The van der Waals surface area contributed by atoms with Crippen LogP contribution in [-0.2, 0) is 6.42 Å². The number of nitrogens with zero attached hydrogens (tertiary/aromatic N) is 1. The quantitative estimate of drug-likeness (QED) is 0.474. The maximum absolute atomic E-state index is 12.4. The molecule has 0 saturated heterocycles. The average molecular weight is 397 g/mol. The third-order valence-electron chi connectivity index (χ3n) is 4.94. The van der Waals surface area contributed by atoms with Crippen LogP contribution in [0.25, 0.3) is 22.5 Å². The summed E-state index contributed by atoms with van der Waals surface area (Å²) in [5, 5.41) is 10.4. The number of aromatic amines is 1. The van der Waals surface area contributed by atoms with Gasteiger partial charge in [0.05, 0.1) is 18.5 Å². The van der Waals surface area contributed by atoms with Crippen LogP contribution in [0.3, 0.4) is 0 Å². The minimum atomic E-state index is -0.0842. The van der Waals surface area contributed by atoms with E-state index < -0.39 is 0 Å². The predicted octanol–water partition coefficient (Wildman–Crippen LogP) is 4.72. The van der Waals surface area contributed by atoms with Crippen molar-refractivity contribution in [1.82, 2.24) is 15.5 Å². The molecule has 0 fully saturated rings. The second kappa shape index (κ2) is 9.09. The lowest BCUT2D eigenvalue weighted by atomic mass is 10.1. The van der Waals surface area contributed by atoms with Crippen molar-refractivity contribution in [2.75, 3.05) is 13.7 Å². The van der Waals surface area contributed by atoms with Gasteiger partial charge in [0.1, 0.15) is 5.75 Å². The van der Waals surface area contributed by atoms with Crippen molar-refractivity contribution in [3.63, 3.8) is 0 Å². The third-order valence-corrected chi connectivity index (χ3v) is 4.94. The summed E-state index contributed by atoms with van der Waals surface area (Å²) < 4.78 is 5.23. The zero-order chi connectivity index (χ0) is 20.8. The summed E-state index contributed by atoms with van der Waals surface area (Å²) >= 11 is 0. The number of amides is 1. The lowest BCUT2D eigenvalue weighted by Gasteiger charge is -2.07. The van der Waals surface area contributed by atoms with Gasteiger partial charge in [-0.2, -0.15) is 5.10 Å². The van der Waals surface area contributed by atoms with E-state index in [0.29, 0.717) is 12.1 Å². The Balaban J connectivity index is 1.36. The molecule has 0 aliphatic heterocycles. The molecule has 5 nitrogen and oxygen atoms in total. The molecule has 4 aromatic rings. The van der Waals surface area contributed by atoms with Crippen LogP contribution in [0.15, 0.2) is 84.9 Å². The van der Waals surface area contributed by atoms with Crippen LogP contribution >= 0.6 is 0 Å². The summed E-state index contributed by atoms with van der Waals surface area (Å²) in [5.41, 5.74) is 5.61. The molecule has 0 aliphatic rings. The summed E-state index contributed by atoms with van der Waals surface area (Å²) in [5.74, 6) is 0.739. The van der Waals surface area contributed by atoms with Gasteiger partial charge in [-0.1, -0.05) is 54.6 Å². The number of benzene rings is 3. The Hall–Kier alpha value is -3.86. The zero-order valence-corrected chi connectivity index (χ0v) is 16.8. The van der Waals surface area contributed by atoms with Crippen molar-refractivity contribution in [3.8, 4) is 28.3 Å². The van der Waals surface area contributed by atoms with Crippen LogP contribution in [0.2, 0.25) is 0 Å². The third kappa shape index (κ3) is 4.58. The number of nitrogens with one attached hydrogen (secondary N) is 2. The van der Waals surface area contributed by atoms with E-state index in [1.165, 1.54) is 0 Å². The molecule has 3 aromatic carbocycles. The predicted molar refractivity (Wildman–Crippen MR) is 118 cm³/mol. The first kappa shape index (κ1) is 19.5. The lowest BCUT2D eigenvalue weighted by molar-refractivity contribution is 0.0954. The van der Waals surface area contributed by atoms with Gasteiger partial charge in [-0.3, -0.25) is 9.89 Å². The van der Waals surface area contributed by atoms with Crippen molar-refractivity contribution in [2.24, 2.45) is 0 Å². The number of hydrogen-bond donors (Lipinski definition) is 2. The van der Waals surface area contributed by atoms with Gasteiger partial charge in [-0.25, -0.2) is 0 Å². The molecular formula is C25H23N3O2. The summed E-state index contributed by atoms with van der Waals surface area (Å²) in [4.78, 5) is 12.4. The highest BCUT2D eigenvalue weighted by molar-refractivity contribution is 5.94. The SMILES string of the molecule is COc1cccc(CCNC(=O)c2ccc(-c3cc(-c4ccccc4)n[nH]3)cc2)c1. The molecule has 0 bridgehead atoms. The van der Waals surface area contributed by atoms with Crippen LogP contribution in [0.5, 0.6) is 5.75 Å². The minimum absolute atomic E-state index is 0.0842. The summed E-state index contributed by atoms with van der Waals surface area (Å²) in [6.45, 7) is 0.564. The van der Waals surface area contributed by atoms with E-state index in [0.717, 1.165) is 40.2 Å². The molecule has 1 heterocycles. The number of carbonyl (C=O) groups excluding carboxylic acids is 1. The molecule has 0 aliphatic carbocycles. The fourth-order valence-corrected chi connectivity index (χ4v) is 3.28. The van der Waals surface area contributed by atoms with Crippen LogP contribution in [0, 0.1) is 0 Å². The molecule has 0 saturated carbocycles. The summed E-state index contributed by atoms with van der Waals surface area (Å²) in [6, 6.07) is 27.4. The fraction of sp³-hybridized carbons (Fsp3) is 0.120. The van der Waals surface area contributed by atoms with Crippen molar-refractivity contribution in [3.05, 3.63) is 96.1 Å². The first-order valence-corrected chi connectivity index (χ1v) is 9.85. The highest BCUT2D eigenvalue weighted by Crippen LogP contribution is 2.24. The number of carbonyl (C=O) groups is 1. The Labute approximate surface area is 175 Å². The van der Waals surface area contributed by atoms with E-state index in [2.05, 4.69) is 15.5 Å². The normalized spacial score (nSPS) is 10.6. The van der Waals surface area contributed by atoms with Gasteiger partial charge in [0.25, 0.3) is 5.91 Å². The van der Waals surface area contributed by atoms with E-state index in [-0.39, 0.29) is 5.91 Å². The Morgan fingerprint density at radius 2 is 1.73 bits per heavy atom. The van der Waals surface area contributed by atoms with Crippen molar-refractivity contribution in [2.45, 2.75) is 6.42 Å². The number of H-pyrrole nitrogens is 1. The number of rotatable bonds is 7. The maximum Gasteiger partial charge on any atom is 0.251 e. The van der Waals surface area contributed by atoms with E-state index >= 15 is 0 Å². The van der Waals surface area contributed by atoms with E-state index in [1.54, 1.807) is 7.11 Å². The summed E-state index contributed by atoms with van der Waals surface area (Å²) in [7, 11) is 1.65.